The predicted octanol–water partition coefficient (Wildman–Crippen LogP) is 4.30. The summed E-state index contributed by atoms with van der Waals surface area (Å²) in [6.45, 7) is 0. The van der Waals surface area contributed by atoms with E-state index in [1.807, 2.05) is 49.3 Å². The number of rotatable bonds is 4. The number of nitrogens with zero attached hydrogens (tertiary/aromatic N) is 2. The summed E-state index contributed by atoms with van der Waals surface area (Å²) in [4.78, 5) is 14.3. The van der Waals surface area contributed by atoms with Crippen molar-refractivity contribution in [1.29, 1.82) is 5.26 Å². The Morgan fingerprint density at radius 2 is 1.86 bits per heavy atom. The Morgan fingerprint density at radius 1 is 1.18 bits per heavy atom. The van der Waals surface area contributed by atoms with E-state index in [1.165, 1.54) is 0 Å². The molecule has 0 radical (unpaired) electrons. The molecule has 0 N–H and O–H groups in total. The second-order valence-corrected chi connectivity index (χ2v) is 5.82. The van der Waals surface area contributed by atoms with Gasteiger partial charge in [0.1, 0.15) is 11.6 Å². The van der Waals surface area contributed by atoms with E-state index in [9.17, 15) is 10.1 Å². The summed E-state index contributed by atoms with van der Waals surface area (Å²) in [5.74, 6) is -0.268. The molecule has 4 heteroatoms. The lowest BCUT2D eigenvalue weighted by Gasteiger charge is -2.14. The number of Topliss-reactive ketones (excluding diaryl/α,β-unsaturated/α-hetero) is 1. The second-order valence-electron chi connectivity index (χ2n) is 4.97. The van der Waals surface area contributed by atoms with Gasteiger partial charge in [-0.3, -0.25) is 4.79 Å². The Morgan fingerprint density at radius 3 is 2.41 bits per heavy atom. The highest BCUT2D eigenvalue weighted by atomic mass is 79.9. The van der Waals surface area contributed by atoms with E-state index < -0.39 is 0 Å². The minimum Gasteiger partial charge on any atom is -0.377 e. The SMILES string of the molecule is CN(C)c1ccc(/C=C(\C#N)C(=O)c2ccccc2)cc1Br. The lowest BCUT2D eigenvalue weighted by Crippen LogP contribution is -2.09. The number of halogens is 1. The van der Waals surface area contributed by atoms with Crippen molar-refractivity contribution in [2.45, 2.75) is 0 Å². The highest BCUT2D eigenvalue weighted by molar-refractivity contribution is 9.10. The number of ketones is 1. The molecule has 0 amide bonds. The number of nitriles is 1. The molecule has 0 bridgehead atoms. The lowest BCUT2D eigenvalue weighted by molar-refractivity contribution is 0.104. The molecular weight excluding hydrogens is 340 g/mol. The van der Waals surface area contributed by atoms with Crippen LogP contribution >= 0.6 is 15.9 Å². The zero-order valence-corrected chi connectivity index (χ0v) is 14.0. The van der Waals surface area contributed by atoms with Crippen LogP contribution in [-0.4, -0.2) is 19.9 Å². The summed E-state index contributed by atoms with van der Waals surface area (Å²) in [6, 6.07) is 16.5. The Kier molecular flexibility index (Phi) is 5.13. The first-order chi connectivity index (χ1) is 10.5. The Labute approximate surface area is 138 Å². The molecule has 2 aromatic carbocycles. The van der Waals surface area contributed by atoms with Gasteiger partial charge in [0, 0.05) is 24.1 Å². The van der Waals surface area contributed by atoms with Crippen molar-refractivity contribution in [3.63, 3.8) is 0 Å². The molecule has 2 aromatic rings. The van der Waals surface area contributed by atoms with Crippen LogP contribution in [-0.2, 0) is 0 Å². The standard InChI is InChI=1S/C18H15BrN2O/c1-21(2)17-9-8-13(11-16(17)19)10-15(12-20)18(22)14-6-4-3-5-7-14/h3-11H,1-2H3/b15-10+. The van der Waals surface area contributed by atoms with Gasteiger partial charge in [0.05, 0.1) is 5.69 Å². The predicted molar refractivity (Wildman–Crippen MR) is 92.8 cm³/mol. The van der Waals surface area contributed by atoms with E-state index in [0.29, 0.717) is 5.56 Å². The van der Waals surface area contributed by atoms with Crippen LogP contribution in [0.5, 0.6) is 0 Å². The topological polar surface area (TPSA) is 44.1 Å². The van der Waals surface area contributed by atoms with E-state index in [2.05, 4.69) is 15.9 Å². The fourth-order valence-corrected chi connectivity index (χ4v) is 2.79. The maximum absolute atomic E-state index is 12.3. The molecule has 0 heterocycles. The summed E-state index contributed by atoms with van der Waals surface area (Å²) >= 11 is 3.50. The quantitative estimate of drug-likeness (QED) is 0.467. The smallest absolute Gasteiger partial charge is 0.203 e. The number of hydrogen-bond donors (Lipinski definition) is 0. The Hall–Kier alpha value is -2.38. The van der Waals surface area contributed by atoms with Gasteiger partial charge < -0.3 is 4.90 Å². The van der Waals surface area contributed by atoms with Crippen LogP contribution in [0.1, 0.15) is 15.9 Å². The average Bonchev–Trinajstić information content (AvgIpc) is 2.52. The van der Waals surface area contributed by atoms with Crippen LogP contribution in [0.4, 0.5) is 5.69 Å². The van der Waals surface area contributed by atoms with Crippen LogP contribution in [0, 0.1) is 11.3 Å². The third kappa shape index (κ3) is 3.63. The maximum Gasteiger partial charge on any atom is 0.203 e. The summed E-state index contributed by atoms with van der Waals surface area (Å²) < 4.78 is 0.913. The van der Waals surface area contributed by atoms with Crippen molar-refractivity contribution in [3.05, 3.63) is 69.7 Å². The van der Waals surface area contributed by atoms with E-state index >= 15 is 0 Å². The molecule has 0 saturated heterocycles. The number of anilines is 1. The van der Waals surface area contributed by atoms with Gasteiger partial charge in [0.2, 0.25) is 5.78 Å². The largest absolute Gasteiger partial charge is 0.377 e. The van der Waals surface area contributed by atoms with E-state index in [1.54, 1.807) is 30.3 Å². The molecule has 0 aliphatic heterocycles. The lowest BCUT2D eigenvalue weighted by atomic mass is 10.0. The van der Waals surface area contributed by atoms with Gasteiger partial charge in [-0.2, -0.15) is 5.26 Å². The average molecular weight is 355 g/mol. The van der Waals surface area contributed by atoms with Gasteiger partial charge >= 0.3 is 0 Å². The van der Waals surface area contributed by atoms with Crippen LogP contribution in [0.2, 0.25) is 0 Å². The molecule has 2 rings (SSSR count). The minimum atomic E-state index is -0.268. The zero-order valence-electron chi connectivity index (χ0n) is 12.4. The molecule has 0 aliphatic rings. The molecule has 22 heavy (non-hydrogen) atoms. The number of carbonyl (C=O) groups is 1. The van der Waals surface area contributed by atoms with Crippen molar-refractivity contribution in [2.24, 2.45) is 0 Å². The van der Waals surface area contributed by atoms with Gasteiger partial charge in [-0.05, 0) is 39.7 Å². The minimum absolute atomic E-state index is 0.121. The monoisotopic (exact) mass is 354 g/mol. The van der Waals surface area contributed by atoms with Crippen LogP contribution in [0.3, 0.4) is 0 Å². The summed E-state index contributed by atoms with van der Waals surface area (Å²) in [6.07, 6.45) is 1.61. The van der Waals surface area contributed by atoms with Gasteiger partial charge in [-0.1, -0.05) is 36.4 Å². The van der Waals surface area contributed by atoms with Crippen LogP contribution < -0.4 is 4.90 Å². The first kappa shape index (κ1) is 16.0. The number of allylic oxidation sites excluding steroid dienone is 1. The molecule has 110 valence electrons. The third-order valence-corrected chi connectivity index (χ3v) is 3.80. The first-order valence-corrected chi connectivity index (χ1v) is 7.50. The van der Waals surface area contributed by atoms with E-state index in [0.717, 1.165) is 15.7 Å². The van der Waals surface area contributed by atoms with E-state index in [-0.39, 0.29) is 11.4 Å². The highest BCUT2D eigenvalue weighted by Crippen LogP contribution is 2.27. The number of benzene rings is 2. The Bertz CT molecular complexity index is 758. The number of hydrogen-bond acceptors (Lipinski definition) is 3. The molecule has 3 nitrogen and oxygen atoms in total. The maximum atomic E-state index is 12.3. The van der Waals surface area contributed by atoms with Gasteiger partial charge in [0.25, 0.3) is 0 Å². The van der Waals surface area contributed by atoms with Crippen molar-refractivity contribution in [1.82, 2.24) is 0 Å². The van der Waals surface area contributed by atoms with Gasteiger partial charge in [0.15, 0.2) is 0 Å². The summed E-state index contributed by atoms with van der Waals surface area (Å²) in [5, 5.41) is 9.27. The summed E-state index contributed by atoms with van der Waals surface area (Å²) in [7, 11) is 3.91. The van der Waals surface area contributed by atoms with Crippen LogP contribution in [0.15, 0.2) is 58.6 Å². The molecule has 0 fully saturated rings. The van der Waals surface area contributed by atoms with Crippen molar-refractivity contribution in [2.75, 3.05) is 19.0 Å². The normalized spacial score (nSPS) is 10.9. The fraction of sp³-hybridized carbons (Fsp3) is 0.111. The third-order valence-electron chi connectivity index (χ3n) is 3.17. The molecule has 0 atom stereocenters. The highest BCUT2D eigenvalue weighted by Gasteiger charge is 2.12. The van der Waals surface area contributed by atoms with Crippen LogP contribution in [0.25, 0.3) is 6.08 Å². The zero-order chi connectivity index (χ0) is 16.1. The van der Waals surface area contributed by atoms with Gasteiger partial charge in [-0.25, -0.2) is 0 Å². The number of carbonyl (C=O) groups excluding carboxylic acids is 1. The molecule has 0 aromatic heterocycles. The van der Waals surface area contributed by atoms with Crippen molar-refractivity contribution < 1.29 is 4.79 Å². The molecule has 0 saturated carbocycles. The Balaban J connectivity index is 2.36. The second kappa shape index (κ2) is 7.06. The first-order valence-electron chi connectivity index (χ1n) is 6.71. The summed E-state index contributed by atoms with van der Waals surface area (Å²) in [5.41, 5.74) is 2.47. The fourth-order valence-electron chi connectivity index (χ4n) is 2.04. The molecule has 0 aliphatic carbocycles. The molecular formula is C18H15BrN2O. The molecule has 0 spiro atoms. The van der Waals surface area contributed by atoms with E-state index in [4.69, 9.17) is 0 Å². The van der Waals surface area contributed by atoms with Crippen molar-refractivity contribution in [3.8, 4) is 6.07 Å². The van der Waals surface area contributed by atoms with Gasteiger partial charge in [-0.15, -0.1) is 0 Å². The van der Waals surface area contributed by atoms with Crippen molar-refractivity contribution >= 4 is 33.5 Å². The molecule has 0 unspecified atom stereocenters.